The maximum absolute atomic E-state index is 12.6. The Morgan fingerprint density at radius 3 is 2.38 bits per heavy atom. The van der Waals surface area contributed by atoms with Crippen molar-refractivity contribution in [1.82, 2.24) is 0 Å². The van der Waals surface area contributed by atoms with Crippen LogP contribution in [0.15, 0.2) is 38.4 Å². The Morgan fingerprint density at radius 2 is 1.85 bits per heavy atom. The second-order valence-corrected chi connectivity index (χ2v) is 8.84. The number of carbonyl (C=O) groups is 1. The molecule has 1 amide bonds. The summed E-state index contributed by atoms with van der Waals surface area (Å²) >= 11 is 0. The molecule has 1 fully saturated rings. The molecule has 7 heteroatoms. The Kier molecular flexibility index (Phi) is 4.75. The standard InChI is InChI=1S/C19H21NO5S/c1-11-7-8-14(26(3,23)24)10-15(11)20-18(21)17-12(2)9-16(25-19(17)22)13-5-4-6-13/h7-10,13H,4-6H2,1-3H3,(H,20,21). The summed E-state index contributed by atoms with van der Waals surface area (Å²) in [6.07, 6.45) is 4.20. The molecule has 1 aromatic carbocycles. The van der Waals surface area contributed by atoms with Crippen molar-refractivity contribution in [2.75, 3.05) is 11.6 Å². The fraction of sp³-hybridized carbons (Fsp3) is 0.368. The van der Waals surface area contributed by atoms with Crippen molar-refractivity contribution in [3.8, 4) is 0 Å². The van der Waals surface area contributed by atoms with Crippen LogP contribution in [0.3, 0.4) is 0 Å². The van der Waals surface area contributed by atoms with E-state index in [4.69, 9.17) is 4.42 Å². The van der Waals surface area contributed by atoms with Crippen molar-refractivity contribution < 1.29 is 17.6 Å². The number of nitrogens with one attached hydrogen (secondary N) is 1. The lowest BCUT2D eigenvalue weighted by Gasteiger charge is -2.24. The van der Waals surface area contributed by atoms with Gasteiger partial charge in [0.15, 0.2) is 9.84 Å². The largest absolute Gasteiger partial charge is 0.427 e. The Balaban J connectivity index is 1.92. The van der Waals surface area contributed by atoms with E-state index in [0.717, 1.165) is 25.5 Å². The molecule has 2 aromatic rings. The van der Waals surface area contributed by atoms with Gasteiger partial charge >= 0.3 is 5.63 Å². The van der Waals surface area contributed by atoms with Gasteiger partial charge in [-0.3, -0.25) is 4.79 Å². The van der Waals surface area contributed by atoms with E-state index < -0.39 is 21.4 Å². The molecule has 138 valence electrons. The van der Waals surface area contributed by atoms with Crippen LogP contribution >= 0.6 is 0 Å². The first-order valence-electron chi connectivity index (χ1n) is 8.43. The van der Waals surface area contributed by atoms with Crippen LogP contribution in [-0.2, 0) is 9.84 Å². The first-order valence-corrected chi connectivity index (χ1v) is 10.3. The van der Waals surface area contributed by atoms with Gasteiger partial charge in [-0.25, -0.2) is 13.2 Å². The molecule has 1 aliphatic carbocycles. The van der Waals surface area contributed by atoms with Crippen LogP contribution in [0.4, 0.5) is 5.69 Å². The van der Waals surface area contributed by atoms with E-state index in [0.29, 0.717) is 22.6 Å². The first-order chi connectivity index (χ1) is 12.2. The van der Waals surface area contributed by atoms with E-state index in [-0.39, 0.29) is 16.4 Å². The van der Waals surface area contributed by atoms with Gasteiger partial charge < -0.3 is 9.73 Å². The highest BCUT2D eigenvalue weighted by Crippen LogP contribution is 2.36. The smallest absolute Gasteiger partial charge is 0.349 e. The number of aryl methyl sites for hydroxylation is 2. The minimum atomic E-state index is -3.40. The molecule has 3 rings (SSSR count). The fourth-order valence-corrected chi connectivity index (χ4v) is 3.60. The Bertz CT molecular complexity index is 1030. The normalized spacial score (nSPS) is 14.7. The molecule has 0 atom stereocenters. The third-order valence-electron chi connectivity index (χ3n) is 4.79. The SMILES string of the molecule is Cc1ccc(S(C)(=O)=O)cc1NC(=O)c1c(C)cc(C2CCC2)oc1=O. The van der Waals surface area contributed by atoms with Crippen LogP contribution in [0.2, 0.25) is 0 Å². The lowest BCUT2D eigenvalue weighted by Crippen LogP contribution is -2.24. The number of hydrogen-bond acceptors (Lipinski definition) is 5. The molecule has 0 spiro atoms. The van der Waals surface area contributed by atoms with Crippen LogP contribution < -0.4 is 10.9 Å². The zero-order valence-corrected chi connectivity index (χ0v) is 15.8. The molecule has 1 aromatic heterocycles. The van der Waals surface area contributed by atoms with Crippen molar-refractivity contribution >= 4 is 21.4 Å². The molecule has 6 nitrogen and oxygen atoms in total. The summed E-state index contributed by atoms with van der Waals surface area (Å²) < 4.78 is 28.8. The summed E-state index contributed by atoms with van der Waals surface area (Å²) in [6.45, 7) is 3.45. The van der Waals surface area contributed by atoms with Crippen molar-refractivity contribution in [1.29, 1.82) is 0 Å². The van der Waals surface area contributed by atoms with E-state index in [1.165, 1.54) is 12.1 Å². The molecule has 26 heavy (non-hydrogen) atoms. The minimum Gasteiger partial charge on any atom is -0.427 e. The highest BCUT2D eigenvalue weighted by atomic mass is 32.2. The second-order valence-electron chi connectivity index (χ2n) is 6.83. The van der Waals surface area contributed by atoms with Gasteiger partial charge in [-0.15, -0.1) is 0 Å². The van der Waals surface area contributed by atoms with Gasteiger partial charge in [-0.1, -0.05) is 12.5 Å². The monoisotopic (exact) mass is 375 g/mol. The summed E-state index contributed by atoms with van der Waals surface area (Å²) in [6, 6.07) is 6.23. The maximum Gasteiger partial charge on any atom is 0.349 e. The molecule has 1 aliphatic rings. The lowest BCUT2D eigenvalue weighted by atomic mass is 9.83. The first kappa shape index (κ1) is 18.4. The van der Waals surface area contributed by atoms with E-state index in [1.807, 2.05) is 0 Å². The second kappa shape index (κ2) is 6.72. The molecule has 0 bridgehead atoms. The highest BCUT2D eigenvalue weighted by Gasteiger charge is 2.25. The predicted octanol–water partition coefficient (Wildman–Crippen LogP) is 3.18. The van der Waals surface area contributed by atoms with Gasteiger partial charge in [0, 0.05) is 17.9 Å². The number of sulfone groups is 1. The highest BCUT2D eigenvalue weighted by molar-refractivity contribution is 7.90. The number of amides is 1. The van der Waals surface area contributed by atoms with Crippen LogP contribution in [0.5, 0.6) is 0 Å². The molecule has 1 N–H and O–H groups in total. The van der Waals surface area contributed by atoms with Gasteiger partial charge in [0.1, 0.15) is 11.3 Å². The fourth-order valence-electron chi connectivity index (χ4n) is 2.95. The van der Waals surface area contributed by atoms with Gasteiger partial charge in [0.2, 0.25) is 0 Å². The Labute approximate surface area is 152 Å². The van der Waals surface area contributed by atoms with Crippen molar-refractivity contribution in [3.05, 3.63) is 57.1 Å². The summed E-state index contributed by atoms with van der Waals surface area (Å²) in [5.41, 5.74) is 0.870. The van der Waals surface area contributed by atoms with E-state index in [2.05, 4.69) is 5.32 Å². The number of rotatable bonds is 4. The lowest BCUT2D eigenvalue weighted by molar-refractivity contribution is 0.102. The third-order valence-corrected chi connectivity index (χ3v) is 5.90. The average Bonchev–Trinajstić information content (AvgIpc) is 2.45. The van der Waals surface area contributed by atoms with Gasteiger partial charge in [0.25, 0.3) is 5.91 Å². The third kappa shape index (κ3) is 3.58. The topological polar surface area (TPSA) is 93.4 Å². The zero-order valence-electron chi connectivity index (χ0n) is 15.0. The molecule has 0 aliphatic heterocycles. The van der Waals surface area contributed by atoms with Crippen LogP contribution in [0.1, 0.15) is 52.4 Å². The van der Waals surface area contributed by atoms with E-state index >= 15 is 0 Å². The molecule has 1 heterocycles. The van der Waals surface area contributed by atoms with Crippen LogP contribution in [0, 0.1) is 13.8 Å². The summed E-state index contributed by atoms with van der Waals surface area (Å²) in [4.78, 5) is 25.0. The van der Waals surface area contributed by atoms with Gasteiger partial charge in [-0.05, 0) is 56.0 Å². The number of benzene rings is 1. The zero-order chi connectivity index (χ0) is 19.1. The molecule has 1 saturated carbocycles. The summed E-state index contributed by atoms with van der Waals surface area (Å²) in [7, 11) is -3.40. The van der Waals surface area contributed by atoms with E-state index in [1.54, 1.807) is 26.0 Å². The Morgan fingerprint density at radius 1 is 1.15 bits per heavy atom. The summed E-state index contributed by atoms with van der Waals surface area (Å²) in [5.74, 6) is 0.280. The van der Waals surface area contributed by atoms with Crippen LogP contribution in [-0.4, -0.2) is 20.6 Å². The summed E-state index contributed by atoms with van der Waals surface area (Å²) in [5, 5.41) is 2.63. The quantitative estimate of drug-likeness (QED) is 0.886. The van der Waals surface area contributed by atoms with Gasteiger partial charge in [0.05, 0.1) is 4.90 Å². The number of carbonyl (C=O) groups excluding carboxylic acids is 1. The average molecular weight is 375 g/mol. The molecule has 0 unspecified atom stereocenters. The van der Waals surface area contributed by atoms with Crippen LogP contribution in [0.25, 0.3) is 0 Å². The van der Waals surface area contributed by atoms with Crippen molar-refractivity contribution in [2.45, 2.75) is 43.9 Å². The predicted molar refractivity (Wildman–Crippen MR) is 98.5 cm³/mol. The molecule has 0 radical (unpaired) electrons. The van der Waals surface area contributed by atoms with Gasteiger partial charge in [-0.2, -0.15) is 0 Å². The van der Waals surface area contributed by atoms with E-state index in [9.17, 15) is 18.0 Å². The minimum absolute atomic E-state index is 0.0581. The van der Waals surface area contributed by atoms with Crippen molar-refractivity contribution in [2.24, 2.45) is 0 Å². The van der Waals surface area contributed by atoms with Crippen molar-refractivity contribution in [3.63, 3.8) is 0 Å². The number of anilines is 1. The molecular weight excluding hydrogens is 354 g/mol. The molecular formula is C19H21NO5S. The number of hydrogen-bond donors (Lipinski definition) is 1. The Hall–Kier alpha value is -2.41. The molecule has 0 saturated heterocycles. The maximum atomic E-state index is 12.6.